The van der Waals surface area contributed by atoms with E-state index < -0.39 is 0 Å². The highest BCUT2D eigenvalue weighted by Gasteiger charge is 2.10. The summed E-state index contributed by atoms with van der Waals surface area (Å²) in [5, 5.41) is 8.28. The zero-order valence-corrected chi connectivity index (χ0v) is 12.2. The highest BCUT2D eigenvalue weighted by atomic mass is 35.5. The number of rotatable bonds is 4. The Labute approximate surface area is 126 Å². The Balaban J connectivity index is 1.64. The summed E-state index contributed by atoms with van der Waals surface area (Å²) < 4.78 is 4.88. The molecular formula is C15H14ClN3O2. The van der Waals surface area contributed by atoms with E-state index in [1.807, 2.05) is 24.4 Å². The summed E-state index contributed by atoms with van der Waals surface area (Å²) in [7, 11) is 0. The van der Waals surface area contributed by atoms with Crippen LogP contribution in [0, 0.1) is 6.92 Å². The number of benzene rings is 1. The van der Waals surface area contributed by atoms with Crippen LogP contribution >= 0.6 is 11.6 Å². The van der Waals surface area contributed by atoms with Crippen LogP contribution in [-0.4, -0.2) is 22.6 Å². The SMILES string of the molecule is Cc1cc(C(=O)NCCc2c[nH]c3ccc(Cl)cc23)no1. The number of hydrogen-bond donors (Lipinski definition) is 2. The first-order valence-electron chi connectivity index (χ1n) is 6.60. The van der Waals surface area contributed by atoms with Crippen molar-refractivity contribution in [3.63, 3.8) is 0 Å². The highest BCUT2D eigenvalue weighted by molar-refractivity contribution is 6.31. The molecule has 2 heterocycles. The van der Waals surface area contributed by atoms with Crippen molar-refractivity contribution in [2.45, 2.75) is 13.3 Å². The van der Waals surface area contributed by atoms with Gasteiger partial charge in [0.05, 0.1) is 0 Å². The number of halogens is 1. The minimum absolute atomic E-state index is 0.232. The van der Waals surface area contributed by atoms with Gasteiger partial charge in [-0.3, -0.25) is 4.79 Å². The highest BCUT2D eigenvalue weighted by Crippen LogP contribution is 2.22. The molecule has 5 nitrogen and oxygen atoms in total. The number of nitrogens with zero attached hydrogens (tertiary/aromatic N) is 1. The van der Waals surface area contributed by atoms with Crippen LogP contribution in [0.1, 0.15) is 21.8 Å². The lowest BCUT2D eigenvalue weighted by Gasteiger charge is -2.02. The van der Waals surface area contributed by atoms with Crippen molar-refractivity contribution in [1.82, 2.24) is 15.5 Å². The fourth-order valence-electron chi connectivity index (χ4n) is 2.23. The normalized spacial score (nSPS) is 11.0. The average molecular weight is 304 g/mol. The summed E-state index contributed by atoms with van der Waals surface area (Å²) in [6.45, 7) is 2.27. The van der Waals surface area contributed by atoms with E-state index in [0.717, 1.165) is 16.5 Å². The van der Waals surface area contributed by atoms with Crippen LogP contribution in [0.4, 0.5) is 0 Å². The van der Waals surface area contributed by atoms with E-state index in [0.29, 0.717) is 29.4 Å². The van der Waals surface area contributed by atoms with Gasteiger partial charge in [0.1, 0.15) is 5.76 Å². The van der Waals surface area contributed by atoms with Crippen molar-refractivity contribution in [2.24, 2.45) is 0 Å². The number of aromatic amines is 1. The number of hydrogen-bond acceptors (Lipinski definition) is 3. The second kappa shape index (κ2) is 5.61. The molecule has 0 aliphatic rings. The van der Waals surface area contributed by atoms with Crippen LogP contribution in [-0.2, 0) is 6.42 Å². The molecule has 0 aliphatic heterocycles. The Morgan fingerprint density at radius 2 is 2.29 bits per heavy atom. The van der Waals surface area contributed by atoms with Crippen LogP contribution in [0.5, 0.6) is 0 Å². The molecule has 2 N–H and O–H groups in total. The lowest BCUT2D eigenvalue weighted by Crippen LogP contribution is -2.25. The molecule has 1 aromatic carbocycles. The maximum Gasteiger partial charge on any atom is 0.273 e. The summed E-state index contributed by atoms with van der Waals surface area (Å²) in [6, 6.07) is 7.32. The van der Waals surface area contributed by atoms with E-state index >= 15 is 0 Å². The zero-order valence-electron chi connectivity index (χ0n) is 11.4. The van der Waals surface area contributed by atoms with Gasteiger partial charge >= 0.3 is 0 Å². The molecule has 3 aromatic rings. The van der Waals surface area contributed by atoms with E-state index in [1.54, 1.807) is 13.0 Å². The summed E-state index contributed by atoms with van der Waals surface area (Å²) in [5.74, 6) is 0.385. The molecule has 6 heteroatoms. The maximum atomic E-state index is 11.8. The van der Waals surface area contributed by atoms with Crippen LogP contribution in [0.25, 0.3) is 10.9 Å². The first kappa shape index (κ1) is 13.7. The number of carbonyl (C=O) groups is 1. The van der Waals surface area contributed by atoms with Gasteiger partial charge in [0.15, 0.2) is 5.69 Å². The van der Waals surface area contributed by atoms with E-state index in [-0.39, 0.29) is 5.91 Å². The second-order valence-electron chi connectivity index (χ2n) is 4.83. The molecule has 21 heavy (non-hydrogen) atoms. The summed E-state index contributed by atoms with van der Waals surface area (Å²) in [6.07, 6.45) is 2.65. The van der Waals surface area contributed by atoms with Gasteiger partial charge in [-0.1, -0.05) is 16.8 Å². The third-order valence-corrected chi connectivity index (χ3v) is 3.51. The quantitative estimate of drug-likeness (QED) is 0.778. The molecule has 0 atom stereocenters. The van der Waals surface area contributed by atoms with Crippen molar-refractivity contribution < 1.29 is 9.32 Å². The fourth-order valence-corrected chi connectivity index (χ4v) is 2.40. The predicted octanol–water partition coefficient (Wildman–Crippen LogP) is 3.09. The number of aryl methyl sites for hydroxylation is 1. The molecule has 1 amide bonds. The van der Waals surface area contributed by atoms with E-state index in [9.17, 15) is 4.79 Å². The molecule has 0 saturated heterocycles. The maximum absolute atomic E-state index is 11.8. The van der Waals surface area contributed by atoms with Crippen molar-refractivity contribution in [3.05, 3.63) is 52.5 Å². The number of H-pyrrole nitrogens is 1. The van der Waals surface area contributed by atoms with E-state index in [2.05, 4.69) is 15.5 Å². The summed E-state index contributed by atoms with van der Waals surface area (Å²) in [4.78, 5) is 15.0. The standard InChI is InChI=1S/C15H14ClN3O2/c1-9-6-14(19-21-9)15(20)17-5-4-10-8-18-13-3-2-11(16)7-12(10)13/h2-3,6-8,18H,4-5H2,1H3,(H,17,20). The Morgan fingerprint density at radius 3 is 3.05 bits per heavy atom. The van der Waals surface area contributed by atoms with Crippen LogP contribution in [0.2, 0.25) is 5.02 Å². The third-order valence-electron chi connectivity index (χ3n) is 3.27. The Morgan fingerprint density at radius 1 is 1.43 bits per heavy atom. The van der Waals surface area contributed by atoms with Crippen LogP contribution in [0.15, 0.2) is 35.0 Å². The average Bonchev–Trinajstić information content (AvgIpc) is 3.05. The Bertz CT molecular complexity index is 791. The minimum atomic E-state index is -0.232. The van der Waals surface area contributed by atoms with Gasteiger partial charge in [-0.05, 0) is 37.1 Å². The molecule has 0 radical (unpaired) electrons. The zero-order chi connectivity index (χ0) is 14.8. The van der Waals surface area contributed by atoms with Crippen molar-refractivity contribution in [2.75, 3.05) is 6.54 Å². The Hall–Kier alpha value is -2.27. The largest absolute Gasteiger partial charge is 0.361 e. The molecule has 0 fully saturated rings. The minimum Gasteiger partial charge on any atom is -0.361 e. The number of amides is 1. The molecular weight excluding hydrogens is 290 g/mol. The molecule has 3 rings (SSSR count). The second-order valence-corrected chi connectivity index (χ2v) is 5.27. The van der Waals surface area contributed by atoms with Crippen LogP contribution < -0.4 is 5.32 Å². The lowest BCUT2D eigenvalue weighted by atomic mass is 10.1. The Kier molecular flexibility index (Phi) is 3.66. The first-order valence-corrected chi connectivity index (χ1v) is 6.98. The fraction of sp³-hybridized carbons (Fsp3) is 0.200. The number of carbonyl (C=O) groups excluding carboxylic acids is 1. The van der Waals surface area contributed by atoms with Gasteiger partial charge in [0.25, 0.3) is 5.91 Å². The molecule has 2 aromatic heterocycles. The van der Waals surface area contributed by atoms with Gasteiger partial charge in [-0.25, -0.2) is 0 Å². The molecule has 0 bridgehead atoms. The topological polar surface area (TPSA) is 70.9 Å². The molecule has 0 saturated carbocycles. The third kappa shape index (κ3) is 2.92. The molecule has 0 unspecified atom stereocenters. The molecule has 0 aliphatic carbocycles. The van der Waals surface area contributed by atoms with Gasteiger partial charge < -0.3 is 14.8 Å². The molecule has 108 valence electrons. The smallest absolute Gasteiger partial charge is 0.273 e. The van der Waals surface area contributed by atoms with Crippen LogP contribution in [0.3, 0.4) is 0 Å². The van der Waals surface area contributed by atoms with Gasteiger partial charge in [0, 0.05) is 34.7 Å². The van der Waals surface area contributed by atoms with Crippen molar-refractivity contribution >= 4 is 28.4 Å². The summed E-state index contributed by atoms with van der Waals surface area (Å²) >= 11 is 6.01. The van der Waals surface area contributed by atoms with Gasteiger partial charge in [-0.2, -0.15) is 0 Å². The summed E-state index contributed by atoms with van der Waals surface area (Å²) in [5.41, 5.74) is 2.45. The van der Waals surface area contributed by atoms with Gasteiger partial charge in [-0.15, -0.1) is 0 Å². The van der Waals surface area contributed by atoms with E-state index in [4.69, 9.17) is 16.1 Å². The van der Waals surface area contributed by atoms with Crippen molar-refractivity contribution in [1.29, 1.82) is 0 Å². The first-order chi connectivity index (χ1) is 10.1. The van der Waals surface area contributed by atoms with Gasteiger partial charge in [0.2, 0.25) is 0 Å². The van der Waals surface area contributed by atoms with Crippen molar-refractivity contribution in [3.8, 4) is 0 Å². The number of fused-ring (bicyclic) bond motifs is 1. The number of nitrogens with one attached hydrogen (secondary N) is 2. The predicted molar refractivity (Wildman–Crippen MR) is 80.6 cm³/mol. The monoisotopic (exact) mass is 303 g/mol. The molecule has 0 spiro atoms. The number of aromatic nitrogens is 2. The van der Waals surface area contributed by atoms with E-state index in [1.165, 1.54) is 0 Å². The lowest BCUT2D eigenvalue weighted by molar-refractivity contribution is 0.0945.